The molecule has 3 atom stereocenters. The second-order valence-corrected chi connectivity index (χ2v) is 9.30. The number of carbonyl (C=O) groups is 3. The van der Waals surface area contributed by atoms with Gasteiger partial charge in [0, 0.05) is 25.4 Å². The van der Waals surface area contributed by atoms with Crippen LogP contribution in [0.5, 0.6) is 0 Å². The predicted octanol–water partition coefficient (Wildman–Crippen LogP) is 3.63. The molecular weight excluding hydrogens is 420 g/mol. The summed E-state index contributed by atoms with van der Waals surface area (Å²) in [7, 11) is 0. The third kappa shape index (κ3) is 4.19. The number of carboxylic acids is 1. The van der Waals surface area contributed by atoms with E-state index in [9.17, 15) is 14.4 Å². The van der Waals surface area contributed by atoms with Crippen LogP contribution < -0.4 is 5.32 Å². The van der Waals surface area contributed by atoms with E-state index in [1.807, 2.05) is 36.4 Å². The lowest BCUT2D eigenvalue weighted by Gasteiger charge is -2.27. The van der Waals surface area contributed by atoms with Gasteiger partial charge >= 0.3 is 12.1 Å². The van der Waals surface area contributed by atoms with E-state index in [0.29, 0.717) is 24.9 Å². The van der Waals surface area contributed by atoms with Crippen molar-refractivity contribution in [2.24, 2.45) is 11.8 Å². The molecule has 7 heteroatoms. The first-order valence-corrected chi connectivity index (χ1v) is 11.6. The molecule has 1 saturated heterocycles. The van der Waals surface area contributed by atoms with E-state index in [2.05, 4.69) is 17.4 Å². The molecule has 3 aliphatic rings. The molecule has 2 N–H and O–H groups in total. The highest BCUT2D eigenvalue weighted by atomic mass is 16.5. The molecule has 2 amide bonds. The van der Waals surface area contributed by atoms with E-state index >= 15 is 0 Å². The number of fused-ring (bicyclic) bond motifs is 4. The summed E-state index contributed by atoms with van der Waals surface area (Å²) >= 11 is 0. The molecule has 2 aliphatic carbocycles. The smallest absolute Gasteiger partial charge is 0.407 e. The summed E-state index contributed by atoms with van der Waals surface area (Å²) in [5.74, 6) is -0.194. The number of nitrogens with zero attached hydrogens (tertiary/aromatic N) is 1. The van der Waals surface area contributed by atoms with Crippen LogP contribution in [0, 0.1) is 11.8 Å². The molecule has 7 nitrogen and oxygen atoms in total. The van der Waals surface area contributed by atoms with Crippen molar-refractivity contribution in [2.45, 2.75) is 37.6 Å². The van der Waals surface area contributed by atoms with Crippen LogP contribution in [-0.4, -0.2) is 53.7 Å². The molecule has 2 aromatic rings. The topological polar surface area (TPSA) is 95.9 Å². The lowest BCUT2D eigenvalue weighted by atomic mass is 9.77. The van der Waals surface area contributed by atoms with Gasteiger partial charge in [0.2, 0.25) is 5.91 Å². The number of aliphatic carboxylic acids is 1. The highest BCUT2D eigenvalue weighted by Crippen LogP contribution is 2.44. The number of hydrogen-bond acceptors (Lipinski definition) is 4. The van der Waals surface area contributed by atoms with Crippen LogP contribution in [0.4, 0.5) is 4.79 Å². The van der Waals surface area contributed by atoms with Gasteiger partial charge in [0.1, 0.15) is 12.6 Å². The number of likely N-dealkylation sites (tertiary alicyclic amines) is 1. The van der Waals surface area contributed by atoms with Crippen molar-refractivity contribution in [3.05, 3.63) is 59.7 Å². The highest BCUT2D eigenvalue weighted by Gasteiger charge is 2.42. The largest absolute Gasteiger partial charge is 0.481 e. The molecule has 1 heterocycles. The first-order chi connectivity index (χ1) is 16.0. The summed E-state index contributed by atoms with van der Waals surface area (Å²) in [6.07, 6.45) is 1.43. The molecule has 1 unspecified atom stereocenters. The third-order valence-corrected chi connectivity index (χ3v) is 7.38. The zero-order valence-electron chi connectivity index (χ0n) is 18.4. The third-order valence-electron chi connectivity index (χ3n) is 7.38. The molecule has 0 bridgehead atoms. The van der Waals surface area contributed by atoms with Crippen molar-refractivity contribution in [1.29, 1.82) is 0 Å². The molecule has 33 heavy (non-hydrogen) atoms. The summed E-state index contributed by atoms with van der Waals surface area (Å²) in [4.78, 5) is 38.6. The highest BCUT2D eigenvalue weighted by molar-refractivity contribution is 5.86. The summed E-state index contributed by atoms with van der Waals surface area (Å²) in [6.45, 7) is 1.53. The Morgan fingerprint density at radius 2 is 1.55 bits per heavy atom. The maximum absolute atomic E-state index is 13.1. The molecule has 2 aromatic carbocycles. The Bertz CT molecular complexity index is 1030. The Balaban J connectivity index is 1.24. The van der Waals surface area contributed by atoms with Crippen molar-refractivity contribution in [1.82, 2.24) is 10.2 Å². The number of amides is 2. The monoisotopic (exact) mass is 448 g/mol. The van der Waals surface area contributed by atoms with Gasteiger partial charge in [-0.3, -0.25) is 9.59 Å². The standard InChI is InChI=1S/C26H28N2O5/c29-24(30)12-11-23(25(31)28-13-16-9-10-17(16)14-28)27-26(32)33-15-22-20-7-3-1-5-18(20)19-6-2-4-8-21(19)22/h1-8,16-17,22-23H,9-15H2,(H,27,32)(H,29,30)/t16-,17+,23?. The number of alkyl carbamates (subject to hydrolysis) is 1. The molecular formula is C26H28N2O5. The zero-order chi connectivity index (χ0) is 22.9. The molecule has 1 saturated carbocycles. The molecule has 5 rings (SSSR count). The van der Waals surface area contributed by atoms with Crippen molar-refractivity contribution >= 4 is 18.0 Å². The van der Waals surface area contributed by atoms with Crippen molar-refractivity contribution in [3.8, 4) is 11.1 Å². The van der Waals surface area contributed by atoms with E-state index in [1.165, 1.54) is 0 Å². The van der Waals surface area contributed by atoms with Crippen molar-refractivity contribution < 1.29 is 24.2 Å². The van der Waals surface area contributed by atoms with E-state index in [-0.39, 0.29) is 31.3 Å². The van der Waals surface area contributed by atoms with Crippen LogP contribution in [0.3, 0.4) is 0 Å². The number of rotatable bonds is 7. The van der Waals surface area contributed by atoms with Gasteiger partial charge in [-0.15, -0.1) is 0 Å². The van der Waals surface area contributed by atoms with Crippen LogP contribution in [-0.2, 0) is 14.3 Å². The summed E-state index contributed by atoms with van der Waals surface area (Å²) in [5, 5.41) is 11.8. The average Bonchev–Trinajstić information content (AvgIpc) is 3.28. The molecule has 0 aromatic heterocycles. The van der Waals surface area contributed by atoms with Gasteiger partial charge in [-0.1, -0.05) is 48.5 Å². The minimum Gasteiger partial charge on any atom is -0.481 e. The lowest BCUT2D eigenvalue weighted by Crippen LogP contribution is -2.48. The number of hydrogen-bond donors (Lipinski definition) is 2. The number of carboxylic acid groups (broad SMARTS) is 1. The summed E-state index contributed by atoms with van der Waals surface area (Å²) in [6, 6.07) is 15.3. The Hall–Kier alpha value is -3.35. The lowest BCUT2D eigenvalue weighted by molar-refractivity contribution is -0.137. The van der Waals surface area contributed by atoms with Gasteiger partial charge in [-0.05, 0) is 53.4 Å². The maximum atomic E-state index is 13.1. The Labute approximate surface area is 192 Å². The Morgan fingerprint density at radius 3 is 2.09 bits per heavy atom. The van der Waals surface area contributed by atoms with E-state index in [4.69, 9.17) is 9.84 Å². The van der Waals surface area contributed by atoms with Crippen LogP contribution in [0.25, 0.3) is 11.1 Å². The van der Waals surface area contributed by atoms with Gasteiger partial charge in [-0.2, -0.15) is 0 Å². The molecule has 2 fully saturated rings. The zero-order valence-corrected chi connectivity index (χ0v) is 18.4. The van der Waals surface area contributed by atoms with Crippen LogP contribution in [0.1, 0.15) is 42.7 Å². The minimum atomic E-state index is -0.997. The van der Waals surface area contributed by atoms with Crippen LogP contribution >= 0.6 is 0 Å². The van der Waals surface area contributed by atoms with E-state index in [0.717, 1.165) is 35.1 Å². The quantitative estimate of drug-likeness (QED) is 0.674. The fraction of sp³-hybridized carbons (Fsp3) is 0.423. The Morgan fingerprint density at radius 1 is 0.970 bits per heavy atom. The van der Waals surface area contributed by atoms with Gasteiger partial charge in [0.15, 0.2) is 0 Å². The van der Waals surface area contributed by atoms with E-state index in [1.54, 1.807) is 4.90 Å². The first-order valence-electron chi connectivity index (χ1n) is 11.6. The molecule has 0 radical (unpaired) electrons. The number of benzene rings is 2. The summed E-state index contributed by atoms with van der Waals surface area (Å²) < 4.78 is 5.58. The molecule has 0 spiro atoms. The number of carbonyl (C=O) groups excluding carboxylic acids is 2. The SMILES string of the molecule is O=C(O)CCC(NC(=O)OCC1c2ccccc2-c2ccccc21)C(=O)N1C[C@H]2CC[C@H]2C1. The average molecular weight is 449 g/mol. The van der Waals surface area contributed by atoms with E-state index < -0.39 is 18.1 Å². The van der Waals surface area contributed by atoms with Crippen LogP contribution in [0.15, 0.2) is 48.5 Å². The minimum absolute atomic E-state index is 0.0458. The molecule has 172 valence electrons. The maximum Gasteiger partial charge on any atom is 0.407 e. The van der Waals surface area contributed by atoms with Crippen molar-refractivity contribution in [3.63, 3.8) is 0 Å². The normalized spacial score (nSPS) is 21.4. The van der Waals surface area contributed by atoms with Crippen molar-refractivity contribution in [2.75, 3.05) is 19.7 Å². The molecule has 1 aliphatic heterocycles. The second-order valence-electron chi connectivity index (χ2n) is 9.30. The Kier molecular flexibility index (Phi) is 5.79. The van der Waals surface area contributed by atoms with Crippen LogP contribution in [0.2, 0.25) is 0 Å². The fourth-order valence-corrected chi connectivity index (χ4v) is 5.47. The van der Waals surface area contributed by atoms with Gasteiger partial charge < -0.3 is 20.1 Å². The number of ether oxygens (including phenoxy) is 1. The number of nitrogens with one attached hydrogen (secondary N) is 1. The van der Waals surface area contributed by atoms with Gasteiger partial charge in [0.05, 0.1) is 0 Å². The fourth-order valence-electron chi connectivity index (χ4n) is 5.47. The second kappa shape index (κ2) is 8.89. The summed E-state index contributed by atoms with van der Waals surface area (Å²) in [5.41, 5.74) is 4.50. The first kappa shape index (κ1) is 21.5. The predicted molar refractivity (Wildman–Crippen MR) is 122 cm³/mol. The van der Waals surface area contributed by atoms with Gasteiger partial charge in [0.25, 0.3) is 0 Å². The van der Waals surface area contributed by atoms with Gasteiger partial charge in [-0.25, -0.2) is 4.79 Å².